The highest BCUT2D eigenvalue weighted by molar-refractivity contribution is 6.30. The zero-order chi connectivity index (χ0) is 22.1. The minimum absolute atomic E-state index is 0.00548. The van der Waals surface area contributed by atoms with Crippen molar-refractivity contribution >= 4 is 29.1 Å². The number of hydrogen-bond acceptors (Lipinski definition) is 5. The van der Waals surface area contributed by atoms with Gasteiger partial charge >= 0.3 is 5.97 Å². The number of nitrogens with one attached hydrogen (secondary N) is 1. The van der Waals surface area contributed by atoms with Gasteiger partial charge in [0.25, 0.3) is 5.91 Å². The molecule has 0 atom stereocenters. The summed E-state index contributed by atoms with van der Waals surface area (Å²) in [6, 6.07) is 16.5. The molecule has 6 heteroatoms. The zero-order valence-electron chi connectivity index (χ0n) is 17.0. The van der Waals surface area contributed by atoms with E-state index in [1.165, 1.54) is 18.2 Å². The second-order valence-electron chi connectivity index (χ2n) is 7.43. The maximum Gasteiger partial charge on any atom is 0.339 e. The molecule has 0 aromatic heterocycles. The van der Waals surface area contributed by atoms with Gasteiger partial charge in [0, 0.05) is 27.9 Å². The first-order valence-corrected chi connectivity index (χ1v) is 9.72. The third kappa shape index (κ3) is 3.88. The summed E-state index contributed by atoms with van der Waals surface area (Å²) in [5.41, 5.74) is 3.26. The summed E-state index contributed by atoms with van der Waals surface area (Å²) in [6.45, 7) is 3.31. The molecule has 0 bridgehead atoms. The standard InChI is InChI=1S/C25H19NO5/c1-14-10-15(2)12-16(11-14)26-21(27)13-31-25(30)20-9-5-8-19-22(20)24(29)18-7-4-3-6-17(18)23(19)28/h3-12H,13H2,1-2H3,(H,26,27). The molecular formula is C25H19NO5. The Balaban J connectivity index is 1.53. The minimum Gasteiger partial charge on any atom is -0.452 e. The van der Waals surface area contributed by atoms with Gasteiger partial charge in [0.05, 0.1) is 5.56 Å². The lowest BCUT2D eigenvalue weighted by atomic mass is 9.82. The van der Waals surface area contributed by atoms with E-state index in [0.29, 0.717) is 11.3 Å². The average Bonchev–Trinajstić information content (AvgIpc) is 2.74. The van der Waals surface area contributed by atoms with E-state index in [0.717, 1.165) is 11.1 Å². The summed E-state index contributed by atoms with van der Waals surface area (Å²) in [5.74, 6) is -2.09. The summed E-state index contributed by atoms with van der Waals surface area (Å²) in [6.07, 6.45) is 0. The van der Waals surface area contributed by atoms with E-state index >= 15 is 0 Å². The SMILES string of the molecule is Cc1cc(C)cc(NC(=O)COC(=O)c2cccc3c2C(=O)c2ccccc2C3=O)c1. The Labute approximate surface area is 178 Å². The Hall–Kier alpha value is -4.06. The third-order valence-corrected chi connectivity index (χ3v) is 5.01. The molecule has 4 rings (SSSR count). The molecule has 31 heavy (non-hydrogen) atoms. The van der Waals surface area contributed by atoms with E-state index in [1.807, 2.05) is 32.0 Å². The van der Waals surface area contributed by atoms with Crippen LogP contribution < -0.4 is 5.32 Å². The lowest BCUT2D eigenvalue weighted by Gasteiger charge is -2.19. The number of fused-ring (bicyclic) bond motifs is 2. The number of anilines is 1. The van der Waals surface area contributed by atoms with Gasteiger partial charge < -0.3 is 10.1 Å². The first kappa shape index (κ1) is 20.2. The van der Waals surface area contributed by atoms with Gasteiger partial charge in [-0.25, -0.2) is 4.79 Å². The molecule has 1 amide bonds. The minimum atomic E-state index is -0.840. The molecule has 0 fully saturated rings. The van der Waals surface area contributed by atoms with Crippen molar-refractivity contribution in [2.75, 3.05) is 11.9 Å². The zero-order valence-corrected chi connectivity index (χ0v) is 17.0. The molecule has 3 aromatic rings. The molecule has 1 aliphatic carbocycles. The first-order valence-electron chi connectivity index (χ1n) is 9.72. The largest absolute Gasteiger partial charge is 0.452 e. The first-order chi connectivity index (χ1) is 14.8. The van der Waals surface area contributed by atoms with E-state index in [9.17, 15) is 19.2 Å². The molecule has 3 aromatic carbocycles. The maximum absolute atomic E-state index is 13.0. The van der Waals surface area contributed by atoms with Gasteiger partial charge in [-0.05, 0) is 43.2 Å². The van der Waals surface area contributed by atoms with Crippen LogP contribution in [-0.4, -0.2) is 30.0 Å². The van der Waals surface area contributed by atoms with Gasteiger partial charge in [0.1, 0.15) is 0 Å². The van der Waals surface area contributed by atoms with Crippen molar-refractivity contribution in [3.05, 3.63) is 99.6 Å². The number of ether oxygens (including phenoxy) is 1. The molecule has 154 valence electrons. The van der Waals surface area contributed by atoms with E-state index in [-0.39, 0.29) is 28.0 Å². The number of esters is 1. The Kier molecular flexibility index (Phi) is 5.21. The summed E-state index contributed by atoms with van der Waals surface area (Å²) >= 11 is 0. The molecule has 0 radical (unpaired) electrons. The van der Waals surface area contributed by atoms with Crippen LogP contribution in [0.5, 0.6) is 0 Å². The van der Waals surface area contributed by atoms with Crippen molar-refractivity contribution in [1.82, 2.24) is 0 Å². The molecular weight excluding hydrogens is 394 g/mol. The molecule has 0 saturated heterocycles. The highest BCUT2D eigenvalue weighted by Crippen LogP contribution is 2.29. The summed E-state index contributed by atoms with van der Waals surface area (Å²) in [7, 11) is 0. The van der Waals surface area contributed by atoms with Crippen molar-refractivity contribution in [3.63, 3.8) is 0 Å². The predicted octanol–water partition coefficient (Wildman–Crippen LogP) is 3.87. The monoisotopic (exact) mass is 413 g/mol. The second-order valence-corrected chi connectivity index (χ2v) is 7.43. The van der Waals surface area contributed by atoms with Crippen LogP contribution in [0.25, 0.3) is 0 Å². The predicted molar refractivity (Wildman–Crippen MR) is 115 cm³/mol. The highest BCUT2D eigenvalue weighted by atomic mass is 16.5. The molecule has 1 N–H and O–H groups in total. The second kappa shape index (κ2) is 7.99. The van der Waals surface area contributed by atoms with Crippen LogP contribution in [0.1, 0.15) is 53.3 Å². The fourth-order valence-corrected chi connectivity index (χ4v) is 3.77. The molecule has 0 spiro atoms. The molecule has 0 saturated carbocycles. The Morgan fingerprint density at radius 2 is 1.42 bits per heavy atom. The molecule has 1 aliphatic rings. The Morgan fingerprint density at radius 1 is 0.806 bits per heavy atom. The number of carbonyl (C=O) groups excluding carboxylic acids is 4. The normalized spacial score (nSPS) is 12.1. The quantitative estimate of drug-likeness (QED) is 0.513. The summed E-state index contributed by atoms with van der Waals surface area (Å²) in [4.78, 5) is 50.7. The molecule has 0 unspecified atom stereocenters. The van der Waals surface area contributed by atoms with Crippen LogP contribution in [0.3, 0.4) is 0 Å². The van der Waals surface area contributed by atoms with Gasteiger partial charge in [0.15, 0.2) is 18.2 Å². The van der Waals surface area contributed by atoms with Crippen LogP contribution in [-0.2, 0) is 9.53 Å². The molecule has 0 heterocycles. The number of hydrogen-bond donors (Lipinski definition) is 1. The van der Waals surface area contributed by atoms with Gasteiger partial charge in [0.2, 0.25) is 0 Å². The Morgan fingerprint density at radius 3 is 2.10 bits per heavy atom. The van der Waals surface area contributed by atoms with Gasteiger partial charge in [-0.15, -0.1) is 0 Å². The molecule has 0 aliphatic heterocycles. The van der Waals surface area contributed by atoms with Gasteiger partial charge in [-0.1, -0.05) is 42.5 Å². The number of rotatable bonds is 4. The number of ketones is 2. The van der Waals surface area contributed by atoms with Crippen LogP contribution in [0.2, 0.25) is 0 Å². The van der Waals surface area contributed by atoms with Crippen LogP contribution in [0.15, 0.2) is 60.7 Å². The average molecular weight is 413 g/mol. The topological polar surface area (TPSA) is 89.5 Å². The third-order valence-electron chi connectivity index (χ3n) is 5.01. The van der Waals surface area contributed by atoms with E-state index < -0.39 is 24.3 Å². The van der Waals surface area contributed by atoms with Crippen molar-refractivity contribution in [2.45, 2.75) is 13.8 Å². The van der Waals surface area contributed by atoms with Crippen molar-refractivity contribution in [2.24, 2.45) is 0 Å². The van der Waals surface area contributed by atoms with Crippen LogP contribution in [0.4, 0.5) is 5.69 Å². The maximum atomic E-state index is 13.0. The number of aryl methyl sites for hydroxylation is 2. The van der Waals surface area contributed by atoms with E-state index in [4.69, 9.17) is 4.74 Å². The number of carbonyl (C=O) groups is 4. The van der Waals surface area contributed by atoms with Crippen molar-refractivity contribution in [1.29, 1.82) is 0 Å². The summed E-state index contributed by atoms with van der Waals surface area (Å²) < 4.78 is 5.15. The lowest BCUT2D eigenvalue weighted by Crippen LogP contribution is -2.26. The van der Waals surface area contributed by atoms with Gasteiger partial charge in [-0.2, -0.15) is 0 Å². The van der Waals surface area contributed by atoms with Gasteiger partial charge in [-0.3, -0.25) is 14.4 Å². The molecule has 6 nitrogen and oxygen atoms in total. The number of benzene rings is 3. The van der Waals surface area contributed by atoms with E-state index in [1.54, 1.807) is 24.3 Å². The van der Waals surface area contributed by atoms with Crippen molar-refractivity contribution in [3.8, 4) is 0 Å². The highest BCUT2D eigenvalue weighted by Gasteiger charge is 2.33. The smallest absolute Gasteiger partial charge is 0.339 e. The van der Waals surface area contributed by atoms with Crippen LogP contribution in [0, 0.1) is 13.8 Å². The number of amides is 1. The summed E-state index contributed by atoms with van der Waals surface area (Å²) in [5, 5.41) is 2.68. The van der Waals surface area contributed by atoms with Crippen molar-refractivity contribution < 1.29 is 23.9 Å². The fourth-order valence-electron chi connectivity index (χ4n) is 3.77. The van der Waals surface area contributed by atoms with E-state index in [2.05, 4.69) is 5.32 Å². The lowest BCUT2D eigenvalue weighted by molar-refractivity contribution is -0.119. The Bertz CT molecular complexity index is 1240. The fraction of sp³-hybridized carbons (Fsp3) is 0.120. The van der Waals surface area contributed by atoms with Crippen LogP contribution >= 0.6 is 0 Å².